The van der Waals surface area contributed by atoms with Crippen LogP contribution in [0.3, 0.4) is 0 Å². The van der Waals surface area contributed by atoms with Gasteiger partial charge in [-0.15, -0.1) is 0 Å². The van der Waals surface area contributed by atoms with Crippen molar-refractivity contribution < 1.29 is 14.3 Å². The smallest absolute Gasteiger partial charge is 0.229 e. The van der Waals surface area contributed by atoms with Gasteiger partial charge in [0.15, 0.2) is 12.2 Å². The largest absolute Gasteiger partial charge is 0.444 e. The van der Waals surface area contributed by atoms with Crippen LogP contribution in [0.2, 0.25) is 0 Å². The lowest BCUT2D eigenvalue weighted by Gasteiger charge is -2.30. The SMILES string of the molecule is OCCN1CCc2nc(Nc3ccc(-c4cnco4)cc3)nc(NCC3CCOCC3)c2C1. The van der Waals surface area contributed by atoms with E-state index in [4.69, 9.17) is 19.1 Å². The van der Waals surface area contributed by atoms with Gasteiger partial charge in [0.05, 0.1) is 18.5 Å². The van der Waals surface area contributed by atoms with Crippen LogP contribution in [0.5, 0.6) is 0 Å². The summed E-state index contributed by atoms with van der Waals surface area (Å²) in [5, 5.41) is 16.3. The summed E-state index contributed by atoms with van der Waals surface area (Å²) in [5.74, 6) is 2.79. The lowest BCUT2D eigenvalue weighted by atomic mass is 10.00. The molecule has 0 radical (unpaired) electrons. The first-order valence-electron chi connectivity index (χ1n) is 11.6. The molecule has 0 atom stereocenters. The Bertz CT molecular complexity index is 1040. The highest BCUT2D eigenvalue weighted by Gasteiger charge is 2.23. The first-order valence-corrected chi connectivity index (χ1v) is 11.6. The Morgan fingerprint density at radius 1 is 1.12 bits per heavy atom. The summed E-state index contributed by atoms with van der Waals surface area (Å²) in [6.45, 7) is 4.98. The van der Waals surface area contributed by atoms with Crippen LogP contribution in [0.15, 0.2) is 41.3 Å². The number of hydrogen-bond donors (Lipinski definition) is 3. The second-order valence-corrected chi connectivity index (χ2v) is 8.58. The molecule has 0 bridgehead atoms. The van der Waals surface area contributed by atoms with E-state index < -0.39 is 0 Å². The van der Waals surface area contributed by atoms with Crippen LogP contribution in [0.4, 0.5) is 17.5 Å². The van der Waals surface area contributed by atoms with Crippen LogP contribution in [-0.2, 0) is 17.7 Å². The predicted molar refractivity (Wildman–Crippen MR) is 125 cm³/mol. The number of aliphatic hydroxyl groups is 1. The maximum Gasteiger partial charge on any atom is 0.229 e. The minimum atomic E-state index is 0.157. The fraction of sp³-hybridized carbons (Fsp3) is 0.458. The monoisotopic (exact) mass is 450 g/mol. The molecule has 5 rings (SSSR count). The van der Waals surface area contributed by atoms with Crippen molar-refractivity contribution in [3.63, 3.8) is 0 Å². The number of nitrogens with one attached hydrogen (secondary N) is 2. The highest BCUT2D eigenvalue weighted by atomic mass is 16.5. The molecular weight excluding hydrogens is 420 g/mol. The fourth-order valence-electron chi connectivity index (χ4n) is 4.40. The van der Waals surface area contributed by atoms with E-state index in [-0.39, 0.29) is 6.61 Å². The Labute approximate surface area is 193 Å². The first kappa shape index (κ1) is 21.8. The van der Waals surface area contributed by atoms with Crippen molar-refractivity contribution in [2.75, 3.05) is 50.1 Å². The number of nitrogens with zero attached hydrogens (tertiary/aromatic N) is 4. The maximum absolute atomic E-state index is 9.38. The van der Waals surface area contributed by atoms with E-state index in [9.17, 15) is 5.11 Å². The number of aliphatic hydroxyl groups excluding tert-OH is 1. The van der Waals surface area contributed by atoms with Gasteiger partial charge in [0.2, 0.25) is 5.95 Å². The van der Waals surface area contributed by atoms with Gasteiger partial charge in [-0.25, -0.2) is 9.97 Å². The molecular formula is C24H30N6O3. The number of hydrogen-bond acceptors (Lipinski definition) is 9. The molecule has 2 aliphatic heterocycles. The molecule has 4 heterocycles. The topological polar surface area (TPSA) is 109 Å². The Kier molecular flexibility index (Phi) is 6.80. The van der Waals surface area contributed by atoms with Crippen LogP contribution in [-0.4, -0.2) is 64.4 Å². The van der Waals surface area contributed by atoms with E-state index in [1.54, 1.807) is 6.20 Å². The Morgan fingerprint density at radius 2 is 1.97 bits per heavy atom. The first-order chi connectivity index (χ1) is 16.3. The standard InChI is InChI=1S/C24H30N6O3/c31-10-9-30-8-5-21-20(15-30)23(26-13-17-6-11-32-12-7-17)29-24(28-21)27-19-3-1-18(2-4-19)22-14-25-16-33-22/h1-4,14,16-17,31H,5-13,15H2,(H2,26,27,28,29). The Morgan fingerprint density at radius 3 is 2.73 bits per heavy atom. The molecule has 33 heavy (non-hydrogen) atoms. The lowest BCUT2D eigenvalue weighted by Crippen LogP contribution is -2.34. The van der Waals surface area contributed by atoms with Crippen molar-refractivity contribution >= 4 is 17.5 Å². The number of aromatic nitrogens is 3. The predicted octanol–water partition coefficient (Wildman–Crippen LogP) is 3.06. The molecule has 174 valence electrons. The summed E-state index contributed by atoms with van der Waals surface area (Å²) in [7, 11) is 0. The third-order valence-electron chi connectivity index (χ3n) is 6.31. The minimum absolute atomic E-state index is 0.157. The molecule has 3 aromatic rings. The number of anilines is 3. The van der Waals surface area contributed by atoms with Gasteiger partial charge in [0.1, 0.15) is 5.82 Å². The van der Waals surface area contributed by atoms with Gasteiger partial charge in [0, 0.05) is 62.6 Å². The molecule has 0 saturated carbocycles. The highest BCUT2D eigenvalue weighted by molar-refractivity contribution is 5.64. The minimum Gasteiger partial charge on any atom is -0.444 e. The van der Waals surface area contributed by atoms with E-state index >= 15 is 0 Å². The van der Waals surface area contributed by atoms with Crippen LogP contribution in [0.25, 0.3) is 11.3 Å². The molecule has 9 nitrogen and oxygen atoms in total. The molecule has 1 saturated heterocycles. The Hall–Kier alpha value is -3.01. The quantitative estimate of drug-likeness (QED) is 0.477. The molecule has 0 unspecified atom stereocenters. The fourth-order valence-corrected chi connectivity index (χ4v) is 4.40. The summed E-state index contributed by atoms with van der Waals surface area (Å²) in [6.07, 6.45) is 6.10. The molecule has 1 aromatic carbocycles. The number of ether oxygens (including phenoxy) is 1. The molecule has 2 aliphatic rings. The van der Waals surface area contributed by atoms with Crippen LogP contribution in [0.1, 0.15) is 24.1 Å². The molecule has 2 aromatic heterocycles. The lowest BCUT2D eigenvalue weighted by molar-refractivity contribution is 0.0699. The maximum atomic E-state index is 9.38. The van der Waals surface area contributed by atoms with Gasteiger partial charge in [-0.1, -0.05) is 0 Å². The highest BCUT2D eigenvalue weighted by Crippen LogP contribution is 2.28. The average molecular weight is 451 g/mol. The van der Waals surface area contributed by atoms with Crippen molar-refractivity contribution in [1.29, 1.82) is 0 Å². The van der Waals surface area contributed by atoms with E-state index in [1.165, 1.54) is 6.39 Å². The van der Waals surface area contributed by atoms with Crippen LogP contribution < -0.4 is 10.6 Å². The Balaban J connectivity index is 1.35. The van der Waals surface area contributed by atoms with E-state index in [0.717, 1.165) is 86.2 Å². The molecule has 3 N–H and O–H groups in total. The molecule has 9 heteroatoms. The molecule has 1 fully saturated rings. The summed E-state index contributed by atoms with van der Waals surface area (Å²) in [6, 6.07) is 7.94. The van der Waals surface area contributed by atoms with Crippen molar-refractivity contribution in [3.05, 3.63) is 48.1 Å². The summed E-state index contributed by atoms with van der Waals surface area (Å²) in [5.41, 5.74) is 4.07. The third kappa shape index (κ3) is 5.32. The van der Waals surface area contributed by atoms with Crippen molar-refractivity contribution in [3.8, 4) is 11.3 Å². The van der Waals surface area contributed by atoms with Gasteiger partial charge in [-0.3, -0.25) is 4.90 Å². The zero-order valence-electron chi connectivity index (χ0n) is 18.7. The zero-order valence-corrected chi connectivity index (χ0v) is 18.7. The number of fused-ring (bicyclic) bond motifs is 1. The number of benzene rings is 1. The second kappa shape index (κ2) is 10.3. The third-order valence-corrected chi connectivity index (χ3v) is 6.31. The van der Waals surface area contributed by atoms with Gasteiger partial charge in [0.25, 0.3) is 0 Å². The van der Waals surface area contributed by atoms with E-state index in [0.29, 0.717) is 18.4 Å². The molecule has 0 aliphatic carbocycles. The van der Waals surface area contributed by atoms with E-state index in [2.05, 4.69) is 20.5 Å². The van der Waals surface area contributed by atoms with Gasteiger partial charge in [-0.2, -0.15) is 4.98 Å². The van der Waals surface area contributed by atoms with Crippen molar-refractivity contribution in [2.45, 2.75) is 25.8 Å². The zero-order chi connectivity index (χ0) is 22.5. The van der Waals surface area contributed by atoms with E-state index in [1.807, 2.05) is 24.3 Å². The number of rotatable bonds is 8. The number of oxazole rings is 1. The second-order valence-electron chi connectivity index (χ2n) is 8.58. The normalized spacial score (nSPS) is 17.0. The summed E-state index contributed by atoms with van der Waals surface area (Å²) >= 11 is 0. The molecule has 0 amide bonds. The van der Waals surface area contributed by atoms with Crippen LogP contribution in [0, 0.1) is 5.92 Å². The van der Waals surface area contributed by atoms with Crippen molar-refractivity contribution in [1.82, 2.24) is 19.9 Å². The summed E-state index contributed by atoms with van der Waals surface area (Å²) in [4.78, 5) is 15.9. The van der Waals surface area contributed by atoms with Gasteiger partial charge < -0.3 is 24.9 Å². The van der Waals surface area contributed by atoms with Gasteiger partial charge in [-0.05, 0) is 43.0 Å². The average Bonchev–Trinajstić information content (AvgIpc) is 3.39. The molecule has 0 spiro atoms. The van der Waals surface area contributed by atoms with Crippen molar-refractivity contribution in [2.24, 2.45) is 5.92 Å². The van der Waals surface area contributed by atoms with Gasteiger partial charge >= 0.3 is 0 Å². The van der Waals surface area contributed by atoms with Crippen LogP contribution >= 0.6 is 0 Å². The summed E-state index contributed by atoms with van der Waals surface area (Å²) < 4.78 is 10.9. The number of β-amino-alcohol motifs (C(OH)–C–C–N with tert-alkyl or cyclic N) is 1.